The molecule has 1 fully saturated rings. The summed E-state index contributed by atoms with van der Waals surface area (Å²) in [6.45, 7) is 0. The van der Waals surface area contributed by atoms with Gasteiger partial charge in [0.25, 0.3) is 11.7 Å². The van der Waals surface area contributed by atoms with Gasteiger partial charge in [-0.1, -0.05) is 23.9 Å². The third kappa shape index (κ3) is 4.13. The summed E-state index contributed by atoms with van der Waals surface area (Å²) in [5.74, 6) is -2.14. The van der Waals surface area contributed by atoms with Gasteiger partial charge in [0, 0.05) is 21.7 Å². The largest absolute Gasteiger partial charge is 0.322 e. The highest BCUT2D eigenvalue weighted by molar-refractivity contribution is 7.99. The lowest BCUT2D eigenvalue weighted by molar-refractivity contribution is 0.102. The van der Waals surface area contributed by atoms with Crippen LogP contribution in [0.3, 0.4) is 0 Å². The molecular formula is C18H15F2N5OS. The van der Waals surface area contributed by atoms with Crippen LogP contribution in [0.5, 0.6) is 0 Å². The van der Waals surface area contributed by atoms with E-state index >= 15 is 0 Å². The molecule has 1 aliphatic carbocycles. The number of tetrazole rings is 1. The van der Waals surface area contributed by atoms with Crippen molar-refractivity contribution in [1.82, 2.24) is 20.2 Å². The second-order valence-electron chi connectivity index (χ2n) is 6.12. The Morgan fingerprint density at radius 3 is 2.67 bits per heavy atom. The number of hydrogen-bond acceptors (Lipinski definition) is 5. The predicted octanol–water partition coefficient (Wildman–Crippen LogP) is 4.24. The fourth-order valence-electron chi connectivity index (χ4n) is 2.68. The van der Waals surface area contributed by atoms with E-state index in [2.05, 4.69) is 20.8 Å². The molecule has 27 heavy (non-hydrogen) atoms. The molecule has 1 N–H and O–H groups in total. The van der Waals surface area contributed by atoms with E-state index in [0.29, 0.717) is 39.8 Å². The van der Waals surface area contributed by atoms with Crippen molar-refractivity contribution in [3.8, 4) is 11.4 Å². The van der Waals surface area contributed by atoms with Gasteiger partial charge in [-0.2, -0.15) is 8.78 Å². The third-order valence-electron chi connectivity index (χ3n) is 4.11. The minimum Gasteiger partial charge on any atom is -0.322 e. The van der Waals surface area contributed by atoms with Crippen molar-refractivity contribution < 1.29 is 13.6 Å². The van der Waals surface area contributed by atoms with Gasteiger partial charge in [0.2, 0.25) is 0 Å². The SMILES string of the molecule is O=C(Nc1cccc(-c2nnnn2C2CC2)c1)c1ccc(SC(F)F)cc1. The fraction of sp³-hybridized carbons (Fsp3) is 0.222. The molecule has 0 radical (unpaired) electrons. The van der Waals surface area contributed by atoms with Gasteiger partial charge in [-0.3, -0.25) is 4.79 Å². The summed E-state index contributed by atoms with van der Waals surface area (Å²) in [6.07, 6.45) is 2.13. The summed E-state index contributed by atoms with van der Waals surface area (Å²) in [7, 11) is 0. The third-order valence-corrected chi connectivity index (χ3v) is 4.83. The van der Waals surface area contributed by atoms with Crippen LogP contribution < -0.4 is 5.32 Å². The molecule has 0 spiro atoms. The van der Waals surface area contributed by atoms with Crippen molar-refractivity contribution in [2.75, 3.05) is 5.32 Å². The first-order chi connectivity index (χ1) is 13.1. The molecule has 0 atom stereocenters. The number of nitrogens with zero attached hydrogens (tertiary/aromatic N) is 4. The van der Waals surface area contributed by atoms with E-state index in [1.807, 2.05) is 18.2 Å². The van der Waals surface area contributed by atoms with Gasteiger partial charge in [0.05, 0.1) is 6.04 Å². The van der Waals surface area contributed by atoms with Crippen molar-refractivity contribution >= 4 is 23.4 Å². The van der Waals surface area contributed by atoms with Gasteiger partial charge in [0.15, 0.2) is 5.82 Å². The maximum Gasteiger partial charge on any atom is 0.288 e. The average Bonchev–Trinajstić information content (AvgIpc) is 3.38. The second-order valence-corrected chi connectivity index (χ2v) is 7.18. The number of nitrogens with one attached hydrogen (secondary N) is 1. The molecule has 0 bridgehead atoms. The molecule has 138 valence electrons. The molecule has 1 aromatic heterocycles. The second kappa shape index (κ2) is 7.43. The highest BCUT2D eigenvalue weighted by Gasteiger charge is 2.28. The van der Waals surface area contributed by atoms with Crippen molar-refractivity contribution in [2.45, 2.75) is 29.5 Å². The highest BCUT2D eigenvalue weighted by Crippen LogP contribution is 2.36. The number of halogens is 2. The van der Waals surface area contributed by atoms with Crippen LogP contribution in [0.2, 0.25) is 0 Å². The Balaban J connectivity index is 1.49. The van der Waals surface area contributed by atoms with Crippen molar-refractivity contribution in [3.05, 3.63) is 54.1 Å². The molecule has 3 aromatic rings. The van der Waals surface area contributed by atoms with Crippen molar-refractivity contribution in [1.29, 1.82) is 0 Å². The number of thioether (sulfide) groups is 1. The van der Waals surface area contributed by atoms with Crippen LogP contribution in [0.4, 0.5) is 14.5 Å². The first-order valence-corrected chi connectivity index (χ1v) is 9.22. The van der Waals surface area contributed by atoms with E-state index in [4.69, 9.17) is 0 Å². The van der Waals surface area contributed by atoms with E-state index in [1.54, 1.807) is 10.7 Å². The lowest BCUT2D eigenvalue weighted by atomic mass is 10.1. The molecule has 9 heteroatoms. The zero-order chi connectivity index (χ0) is 18.8. The molecule has 0 saturated heterocycles. The van der Waals surface area contributed by atoms with Crippen LogP contribution in [0.25, 0.3) is 11.4 Å². The monoisotopic (exact) mass is 387 g/mol. The minimum absolute atomic E-state index is 0.317. The first kappa shape index (κ1) is 17.6. The van der Waals surface area contributed by atoms with Crippen molar-refractivity contribution in [3.63, 3.8) is 0 Å². The first-order valence-electron chi connectivity index (χ1n) is 8.35. The topological polar surface area (TPSA) is 72.7 Å². The molecule has 0 unspecified atom stereocenters. The Kier molecular flexibility index (Phi) is 4.85. The summed E-state index contributed by atoms with van der Waals surface area (Å²) < 4.78 is 26.5. The normalized spacial score (nSPS) is 13.7. The number of aromatic nitrogens is 4. The van der Waals surface area contributed by atoms with Gasteiger partial charge in [-0.05, 0) is 59.7 Å². The van der Waals surface area contributed by atoms with Crippen molar-refractivity contribution in [2.24, 2.45) is 0 Å². The summed E-state index contributed by atoms with van der Waals surface area (Å²) in [4.78, 5) is 12.8. The Labute approximate surface area is 158 Å². The summed E-state index contributed by atoms with van der Waals surface area (Å²) in [5.41, 5.74) is 1.81. The summed E-state index contributed by atoms with van der Waals surface area (Å²) >= 11 is 0.446. The number of carbonyl (C=O) groups excluding carboxylic acids is 1. The van der Waals surface area contributed by atoms with Crippen LogP contribution in [0, 0.1) is 0 Å². The lowest BCUT2D eigenvalue weighted by Crippen LogP contribution is -2.11. The van der Waals surface area contributed by atoms with E-state index in [9.17, 15) is 13.6 Å². The quantitative estimate of drug-likeness (QED) is 0.641. The summed E-state index contributed by atoms with van der Waals surface area (Å²) in [6, 6.07) is 13.7. The van der Waals surface area contributed by atoms with Crippen LogP contribution >= 0.6 is 11.8 Å². The summed E-state index contributed by atoms with van der Waals surface area (Å²) in [5, 5.41) is 14.7. The van der Waals surface area contributed by atoms with Crippen LogP contribution in [0.15, 0.2) is 53.4 Å². The number of carbonyl (C=O) groups is 1. The van der Waals surface area contributed by atoms with E-state index in [-0.39, 0.29) is 5.91 Å². The molecule has 4 rings (SSSR count). The van der Waals surface area contributed by atoms with Gasteiger partial charge in [0.1, 0.15) is 0 Å². The number of anilines is 1. The minimum atomic E-state index is -2.49. The Bertz CT molecular complexity index is 956. The number of alkyl halides is 2. The molecule has 1 saturated carbocycles. The van der Waals surface area contributed by atoms with Gasteiger partial charge < -0.3 is 5.32 Å². The van der Waals surface area contributed by atoms with E-state index < -0.39 is 5.76 Å². The van der Waals surface area contributed by atoms with Crippen LogP contribution in [-0.2, 0) is 0 Å². The standard InChI is InChI=1S/C18H15F2N5OS/c19-18(20)27-15-8-4-11(5-9-15)17(26)21-13-3-1-2-12(10-13)16-22-23-24-25(16)14-6-7-14/h1-5,8-10,14,18H,6-7H2,(H,21,26). The predicted molar refractivity (Wildman–Crippen MR) is 97.8 cm³/mol. The zero-order valence-corrected chi connectivity index (χ0v) is 14.9. The van der Waals surface area contributed by atoms with E-state index in [1.165, 1.54) is 24.3 Å². The molecule has 1 heterocycles. The fourth-order valence-corrected chi connectivity index (χ4v) is 3.17. The van der Waals surface area contributed by atoms with E-state index in [0.717, 1.165) is 18.4 Å². The zero-order valence-electron chi connectivity index (χ0n) is 14.0. The van der Waals surface area contributed by atoms with Gasteiger partial charge >= 0.3 is 0 Å². The molecule has 1 amide bonds. The maximum atomic E-state index is 12.4. The Hall–Kier alpha value is -2.81. The Morgan fingerprint density at radius 2 is 1.96 bits per heavy atom. The number of hydrogen-bond donors (Lipinski definition) is 1. The van der Waals surface area contributed by atoms with Crippen LogP contribution in [-0.4, -0.2) is 31.9 Å². The van der Waals surface area contributed by atoms with Gasteiger partial charge in [-0.25, -0.2) is 4.68 Å². The molecular weight excluding hydrogens is 372 g/mol. The van der Waals surface area contributed by atoms with Crippen LogP contribution in [0.1, 0.15) is 29.2 Å². The Morgan fingerprint density at radius 1 is 1.19 bits per heavy atom. The van der Waals surface area contributed by atoms with Gasteiger partial charge in [-0.15, -0.1) is 5.10 Å². The number of amides is 1. The lowest BCUT2D eigenvalue weighted by Gasteiger charge is -2.08. The number of rotatable bonds is 6. The smallest absolute Gasteiger partial charge is 0.288 e. The molecule has 2 aromatic carbocycles. The number of benzene rings is 2. The average molecular weight is 387 g/mol. The molecule has 1 aliphatic rings. The molecule has 0 aliphatic heterocycles. The molecule has 6 nitrogen and oxygen atoms in total. The maximum absolute atomic E-state index is 12.4. The highest BCUT2D eigenvalue weighted by atomic mass is 32.2.